The average molecular weight is 480 g/mol. The molecule has 0 radical (unpaired) electrons. The summed E-state index contributed by atoms with van der Waals surface area (Å²) in [6.45, 7) is 5.90. The first kappa shape index (κ1) is 23.8. The lowest BCUT2D eigenvalue weighted by atomic mass is 9.96. The standard InChI is InChI=1S/C25H30ClN7O/c1-16-19(17-5-7-18(8-6-17)25(34)31(2)3)9-10-20(33-13-11-32(4)12-14-33)22(16)30-24-21(27)23(26)28-15-29-24/h5-10,15H,11-14,27H2,1-4H3,(H,28,29,30). The van der Waals surface area contributed by atoms with Crippen molar-refractivity contribution in [1.82, 2.24) is 19.8 Å². The number of nitrogen functional groups attached to an aromatic ring is 1. The molecule has 0 saturated carbocycles. The number of amides is 1. The van der Waals surface area contributed by atoms with Crippen molar-refractivity contribution in [2.75, 3.05) is 63.3 Å². The minimum atomic E-state index is -0.0212. The minimum Gasteiger partial charge on any atom is -0.393 e. The van der Waals surface area contributed by atoms with Crippen LogP contribution >= 0.6 is 11.6 Å². The fraction of sp³-hybridized carbons (Fsp3) is 0.320. The highest BCUT2D eigenvalue weighted by Crippen LogP contribution is 2.39. The highest BCUT2D eigenvalue weighted by atomic mass is 35.5. The zero-order valence-corrected chi connectivity index (χ0v) is 20.7. The zero-order chi connectivity index (χ0) is 24.4. The molecule has 1 aliphatic heterocycles. The van der Waals surface area contributed by atoms with Gasteiger partial charge >= 0.3 is 0 Å². The van der Waals surface area contributed by atoms with Gasteiger partial charge in [0, 0.05) is 45.8 Å². The molecule has 1 amide bonds. The Balaban J connectivity index is 1.77. The normalized spacial score (nSPS) is 14.2. The Kier molecular flexibility index (Phi) is 6.90. The fourth-order valence-electron chi connectivity index (χ4n) is 4.12. The topological polar surface area (TPSA) is 90.6 Å². The first-order valence-electron chi connectivity index (χ1n) is 11.2. The molecule has 0 unspecified atom stereocenters. The van der Waals surface area contributed by atoms with Crippen LogP contribution in [0.25, 0.3) is 11.1 Å². The van der Waals surface area contributed by atoms with Crippen LogP contribution in [-0.2, 0) is 0 Å². The predicted octanol–water partition coefficient (Wildman–Crippen LogP) is 3.88. The van der Waals surface area contributed by atoms with Crippen LogP contribution < -0.4 is 16.0 Å². The average Bonchev–Trinajstić information content (AvgIpc) is 2.83. The van der Waals surface area contributed by atoms with E-state index in [4.69, 9.17) is 17.3 Å². The highest BCUT2D eigenvalue weighted by molar-refractivity contribution is 6.32. The van der Waals surface area contributed by atoms with Gasteiger partial charge in [0.2, 0.25) is 0 Å². The maximum absolute atomic E-state index is 12.3. The molecule has 34 heavy (non-hydrogen) atoms. The van der Waals surface area contributed by atoms with Gasteiger partial charge in [-0.05, 0) is 48.9 Å². The molecule has 1 fully saturated rings. The molecule has 1 saturated heterocycles. The van der Waals surface area contributed by atoms with Crippen LogP contribution in [0, 0.1) is 6.92 Å². The van der Waals surface area contributed by atoms with Crippen molar-refractivity contribution in [2.24, 2.45) is 0 Å². The van der Waals surface area contributed by atoms with E-state index in [0.717, 1.165) is 54.2 Å². The second kappa shape index (κ2) is 9.87. The summed E-state index contributed by atoms with van der Waals surface area (Å²) >= 11 is 6.15. The summed E-state index contributed by atoms with van der Waals surface area (Å²) in [7, 11) is 5.64. The zero-order valence-electron chi connectivity index (χ0n) is 20.0. The molecule has 3 N–H and O–H groups in total. The number of likely N-dealkylation sites (N-methyl/N-ethyl adjacent to an activating group) is 1. The van der Waals surface area contributed by atoms with Crippen LogP contribution in [0.3, 0.4) is 0 Å². The Morgan fingerprint density at radius 2 is 1.74 bits per heavy atom. The van der Waals surface area contributed by atoms with Crippen molar-refractivity contribution >= 4 is 40.4 Å². The Bertz CT molecular complexity index is 1190. The number of carbonyl (C=O) groups excluding carboxylic acids is 1. The molecule has 1 aromatic heterocycles. The maximum atomic E-state index is 12.3. The highest BCUT2D eigenvalue weighted by Gasteiger charge is 2.21. The molecule has 178 valence electrons. The van der Waals surface area contributed by atoms with E-state index >= 15 is 0 Å². The largest absolute Gasteiger partial charge is 0.393 e. The van der Waals surface area contributed by atoms with E-state index in [9.17, 15) is 4.79 Å². The SMILES string of the molecule is Cc1c(-c2ccc(C(=O)N(C)C)cc2)ccc(N2CCN(C)CC2)c1Nc1ncnc(Cl)c1N. The third-order valence-electron chi connectivity index (χ3n) is 6.21. The monoisotopic (exact) mass is 479 g/mol. The van der Waals surface area contributed by atoms with Gasteiger partial charge in [-0.2, -0.15) is 0 Å². The van der Waals surface area contributed by atoms with Gasteiger partial charge in [0.1, 0.15) is 12.0 Å². The van der Waals surface area contributed by atoms with Crippen molar-refractivity contribution < 1.29 is 4.79 Å². The third-order valence-corrected chi connectivity index (χ3v) is 6.52. The Labute approximate surface area is 205 Å². The molecule has 0 spiro atoms. The summed E-state index contributed by atoms with van der Waals surface area (Å²) < 4.78 is 0. The van der Waals surface area contributed by atoms with Crippen LogP contribution in [0.15, 0.2) is 42.7 Å². The van der Waals surface area contributed by atoms with Gasteiger partial charge in [-0.25, -0.2) is 9.97 Å². The number of halogens is 1. The summed E-state index contributed by atoms with van der Waals surface area (Å²) in [5.74, 6) is 0.453. The predicted molar refractivity (Wildman–Crippen MR) is 139 cm³/mol. The van der Waals surface area contributed by atoms with Gasteiger partial charge in [0.25, 0.3) is 5.91 Å². The van der Waals surface area contributed by atoms with Crippen LogP contribution in [0.2, 0.25) is 5.15 Å². The minimum absolute atomic E-state index is 0.0212. The Hall–Kier alpha value is -3.36. The van der Waals surface area contributed by atoms with Gasteiger partial charge in [-0.15, -0.1) is 0 Å². The fourth-order valence-corrected chi connectivity index (χ4v) is 4.25. The number of nitrogens with one attached hydrogen (secondary N) is 1. The van der Waals surface area contributed by atoms with Crippen molar-refractivity contribution in [3.8, 4) is 11.1 Å². The molecule has 9 heteroatoms. The Morgan fingerprint density at radius 1 is 1.06 bits per heavy atom. The van der Waals surface area contributed by atoms with E-state index in [1.807, 2.05) is 24.3 Å². The van der Waals surface area contributed by atoms with Gasteiger partial charge in [-0.1, -0.05) is 29.8 Å². The van der Waals surface area contributed by atoms with Crippen LogP contribution in [0.4, 0.5) is 22.9 Å². The number of rotatable bonds is 5. The molecular weight excluding hydrogens is 450 g/mol. The van der Waals surface area contributed by atoms with E-state index in [1.54, 1.807) is 19.0 Å². The molecule has 2 heterocycles. The van der Waals surface area contributed by atoms with E-state index in [1.165, 1.54) is 6.33 Å². The van der Waals surface area contributed by atoms with Crippen LogP contribution in [0.1, 0.15) is 15.9 Å². The molecule has 3 aromatic rings. The number of aromatic nitrogens is 2. The summed E-state index contributed by atoms with van der Waals surface area (Å²) in [4.78, 5) is 26.8. The number of carbonyl (C=O) groups is 1. The summed E-state index contributed by atoms with van der Waals surface area (Å²) in [6.07, 6.45) is 1.40. The quantitative estimate of drug-likeness (QED) is 0.536. The molecule has 1 aliphatic rings. The molecule has 0 bridgehead atoms. The Morgan fingerprint density at radius 3 is 2.38 bits per heavy atom. The van der Waals surface area contributed by atoms with E-state index in [2.05, 4.69) is 51.2 Å². The maximum Gasteiger partial charge on any atom is 0.253 e. The summed E-state index contributed by atoms with van der Waals surface area (Å²) in [5, 5.41) is 3.65. The number of nitrogens with zero attached hydrogens (tertiary/aromatic N) is 5. The van der Waals surface area contributed by atoms with Crippen LogP contribution in [0.5, 0.6) is 0 Å². The number of nitrogens with two attached hydrogens (primary N) is 1. The van der Waals surface area contributed by atoms with Crippen molar-refractivity contribution in [3.05, 3.63) is 59.0 Å². The lowest BCUT2D eigenvalue weighted by molar-refractivity contribution is 0.0827. The van der Waals surface area contributed by atoms with Gasteiger partial charge in [-0.3, -0.25) is 4.79 Å². The molecule has 8 nitrogen and oxygen atoms in total. The lowest BCUT2D eigenvalue weighted by Gasteiger charge is -2.36. The molecule has 2 aromatic carbocycles. The lowest BCUT2D eigenvalue weighted by Crippen LogP contribution is -2.44. The first-order chi connectivity index (χ1) is 16.3. The summed E-state index contributed by atoms with van der Waals surface area (Å²) in [5.41, 5.74) is 12.3. The van der Waals surface area contributed by atoms with Crippen molar-refractivity contribution in [3.63, 3.8) is 0 Å². The molecular formula is C25H30ClN7O. The first-order valence-corrected chi connectivity index (χ1v) is 11.6. The second-order valence-electron chi connectivity index (χ2n) is 8.75. The van der Waals surface area contributed by atoms with E-state index in [-0.39, 0.29) is 11.1 Å². The third kappa shape index (κ3) is 4.78. The number of benzene rings is 2. The van der Waals surface area contributed by atoms with E-state index < -0.39 is 0 Å². The number of hydrogen-bond donors (Lipinski definition) is 2. The molecule has 0 aliphatic carbocycles. The van der Waals surface area contributed by atoms with E-state index in [0.29, 0.717) is 17.1 Å². The van der Waals surface area contributed by atoms with Crippen LogP contribution in [-0.4, -0.2) is 73.0 Å². The van der Waals surface area contributed by atoms with Gasteiger partial charge in [0.15, 0.2) is 11.0 Å². The van der Waals surface area contributed by atoms with Gasteiger partial charge < -0.3 is 25.8 Å². The van der Waals surface area contributed by atoms with Crippen molar-refractivity contribution in [1.29, 1.82) is 0 Å². The molecule has 4 rings (SSSR count). The summed E-state index contributed by atoms with van der Waals surface area (Å²) in [6, 6.07) is 11.9. The number of piperazine rings is 1. The number of anilines is 4. The van der Waals surface area contributed by atoms with Gasteiger partial charge in [0.05, 0.1) is 11.4 Å². The second-order valence-corrected chi connectivity index (χ2v) is 9.11. The smallest absolute Gasteiger partial charge is 0.253 e. The number of hydrogen-bond acceptors (Lipinski definition) is 7. The van der Waals surface area contributed by atoms with Crippen molar-refractivity contribution in [2.45, 2.75) is 6.92 Å². The molecule has 0 atom stereocenters.